The topological polar surface area (TPSA) is 25.2 Å². The monoisotopic (exact) mass is 409 g/mol. The lowest BCUT2D eigenvalue weighted by molar-refractivity contribution is 0.493. The highest BCUT2D eigenvalue weighted by molar-refractivity contribution is 9.10. The number of hydrogen-bond donors (Lipinski definition) is 1. The average molecular weight is 411 g/mol. The van der Waals surface area contributed by atoms with E-state index in [9.17, 15) is 0 Å². The Kier molecular flexibility index (Phi) is 5.44. The molecule has 0 fully saturated rings. The van der Waals surface area contributed by atoms with Crippen LogP contribution in [0.15, 0.2) is 63.5 Å². The molecule has 118 valence electrons. The molecule has 1 N–H and O–H groups in total. The third-order valence-electron chi connectivity index (χ3n) is 3.43. The summed E-state index contributed by atoms with van der Waals surface area (Å²) in [6.07, 6.45) is 0. The third-order valence-corrected chi connectivity index (χ3v) is 4.61. The van der Waals surface area contributed by atoms with Gasteiger partial charge in [-0.05, 0) is 42.0 Å². The van der Waals surface area contributed by atoms with E-state index in [1.807, 2.05) is 54.6 Å². The molecule has 3 rings (SSSR count). The lowest BCUT2D eigenvalue weighted by Gasteiger charge is -2.05. The molecule has 2 aromatic carbocycles. The van der Waals surface area contributed by atoms with Crippen LogP contribution in [0.25, 0.3) is 11.3 Å². The smallest absolute Gasteiger partial charge is 0.135 e. The van der Waals surface area contributed by atoms with Gasteiger partial charge in [0.15, 0.2) is 0 Å². The van der Waals surface area contributed by atoms with Crippen molar-refractivity contribution in [2.45, 2.75) is 13.1 Å². The Morgan fingerprint density at radius 3 is 2.52 bits per heavy atom. The standard InChI is InChI=1S/C18H14BrCl2NO/c19-13-5-7-15(17(21)9-13)18-8-6-14(23-18)11-22-10-12-3-1-2-4-16(12)20/h1-9,22H,10-11H2. The van der Waals surface area contributed by atoms with Crippen molar-refractivity contribution in [3.63, 3.8) is 0 Å². The summed E-state index contributed by atoms with van der Waals surface area (Å²) < 4.78 is 6.81. The van der Waals surface area contributed by atoms with E-state index in [0.717, 1.165) is 32.1 Å². The number of halogens is 3. The minimum atomic E-state index is 0.624. The molecule has 0 atom stereocenters. The van der Waals surface area contributed by atoms with Gasteiger partial charge in [0.25, 0.3) is 0 Å². The second-order valence-electron chi connectivity index (χ2n) is 5.09. The van der Waals surface area contributed by atoms with Crippen molar-refractivity contribution >= 4 is 39.1 Å². The van der Waals surface area contributed by atoms with Gasteiger partial charge in [-0.25, -0.2) is 0 Å². The summed E-state index contributed by atoms with van der Waals surface area (Å²) in [4.78, 5) is 0. The normalized spacial score (nSPS) is 10.9. The molecular formula is C18H14BrCl2NO. The van der Waals surface area contributed by atoms with Gasteiger partial charge in [-0.15, -0.1) is 0 Å². The fraction of sp³-hybridized carbons (Fsp3) is 0.111. The van der Waals surface area contributed by atoms with E-state index in [2.05, 4.69) is 21.2 Å². The lowest BCUT2D eigenvalue weighted by atomic mass is 10.2. The first-order valence-electron chi connectivity index (χ1n) is 7.12. The van der Waals surface area contributed by atoms with Gasteiger partial charge in [-0.3, -0.25) is 0 Å². The van der Waals surface area contributed by atoms with Crippen LogP contribution in [0.1, 0.15) is 11.3 Å². The van der Waals surface area contributed by atoms with Crippen LogP contribution >= 0.6 is 39.1 Å². The Balaban J connectivity index is 1.65. The van der Waals surface area contributed by atoms with Crippen LogP contribution in [0, 0.1) is 0 Å². The van der Waals surface area contributed by atoms with Crippen LogP contribution in [0.4, 0.5) is 0 Å². The van der Waals surface area contributed by atoms with Crippen LogP contribution in [0.5, 0.6) is 0 Å². The summed E-state index contributed by atoms with van der Waals surface area (Å²) in [5, 5.41) is 4.75. The Hall–Kier alpha value is -1.26. The van der Waals surface area contributed by atoms with Crippen molar-refractivity contribution in [2.75, 3.05) is 0 Å². The van der Waals surface area contributed by atoms with Gasteiger partial charge in [-0.2, -0.15) is 0 Å². The van der Waals surface area contributed by atoms with Crippen LogP contribution in [-0.4, -0.2) is 0 Å². The number of furan rings is 1. The predicted octanol–water partition coefficient (Wildman–Crippen LogP) is 6.31. The number of nitrogens with one attached hydrogen (secondary N) is 1. The number of rotatable bonds is 5. The van der Waals surface area contributed by atoms with E-state index < -0.39 is 0 Å². The molecule has 2 nitrogen and oxygen atoms in total. The van der Waals surface area contributed by atoms with E-state index in [1.54, 1.807) is 0 Å². The fourth-order valence-electron chi connectivity index (χ4n) is 2.27. The van der Waals surface area contributed by atoms with Crippen LogP contribution in [0.2, 0.25) is 10.0 Å². The van der Waals surface area contributed by atoms with Crippen molar-refractivity contribution in [1.29, 1.82) is 0 Å². The highest BCUT2D eigenvalue weighted by atomic mass is 79.9. The third kappa shape index (κ3) is 4.18. The van der Waals surface area contributed by atoms with Gasteiger partial charge < -0.3 is 9.73 Å². The van der Waals surface area contributed by atoms with Crippen molar-refractivity contribution < 1.29 is 4.42 Å². The zero-order chi connectivity index (χ0) is 16.2. The summed E-state index contributed by atoms with van der Waals surface area (Å²) in [5.41, 5.74) is 1.95. The molecule has 23 heavy (non-hydrogen) atoms. The van der Waals surface area contributed by atoms with Crippen molar-refractivity contribution in [3.05, 3.63) is 80.4 Å². The molecule has 0 bridgehead atoms. The molecule has 0 spiro atoms. The molecule has 0 radical (unpaired) electrons. The molecular weight excluding hydrogens is 397 g/mol. The SMILES string of the molecule is Clc1ccccc1CNCc1ccc(-c2ccc(Br)cc2Cl)o1. The first kappa shape index (κ1) is 16.6. The zero-order valence-electron chi connectivity index (χ0n) is 12.2. The first-order valence-corrected chi connectivity index (χ1v) is 8.66. The summed E-state index contributed by atoms with van der Waals surface area (Å²) in [6.45, 7) is 1.31. The predicted molar refractivity (Wildman–Crippen MR) is 98.8 cm³/mol. The first-order chi connectivity index (χ1) is 11.1. The van der Waals surface area contributed by atoms with E-state index in [4.69, 9.17) is 27.6 Å². The second-order valence-corrected chi connectivity index (χ2v) is 6.82. The summed E-state index contributed by atoms with van der Waals surface area (Å²) in [7, 11) is 0. The second kappa shape index (κ2) is 7.54. The molecule has 3 aromatic rings. The fourth-order valence-corrected chi connectivity index (χ4v) is 3.24. The summed E-state index contributed by atoms with van der Waals surface area (Å²) in [5.74, 6) is 1.61. The molecule has 0 aliphatic heterocycles. The van der Waals surface area contributed by atoms with Gasteiger partial charge in [0.1, 0.15) is 11.5 Å². The van der Waals surface area contributed by atoms with Gasteiger partial charge >= 0.3 is 0 Å². The number of benzene rings is 2. The van der Waals surface area contributed by atoms with E-state index in [-0.39, 0.29) is 0 Å². The molecule has 0 saturated carbocycles. The maximum atomic E-state index is 6.25. The van der Waals surface area contributed by atoms with Gasteiger partial charge in [0.2, 0.25) is 0 Å². The van der Waals surface area contributed by atoms with Gasteiger partial charge in [0, 0.05) is 21.6 Å². The molecule has 0 amide bonds. The van der Waals surface area contributed by atoms with Crippen LogP contribution < -0.4 is 5.32 Å². The molecule has 0 saturated heterocycles. The number of hydrogen-bond acceptors (Lipinski definition) is 2. The molecule has 0 aliphatic rings. The molecule has 1 heterocycles. The summed E-state index contributed by atoms with van der Waals surface area (Å²) >= 11 is 15.8. The quantitative estimate of drug-likeness (QED) is 0.533. The van der Waals surface area contributed by atoms with Crippen LogP contribution in [0.3, 0.4) is 0 Å². The highest BCUT2D eigenvalue weighted by Gasteiger charge is 2.09. The Bertz CT molecular complexity index is 816. The molecule has 1 aromatic heterocycles. The van der Waals surface area contributed by atoms with Crippen LogP contribution in [-0.2, 0) is 13.1 Å². The maximum Gasteiger partial charge on any atom is 0.135 e. The van der Waals surface area contributed by atoms with Crippen molar-refractivity contribution in [2.24, 2.45) is 0 Å². The maximum absolute atomic E-state index is 6.25. The highest BCUT2D eigenvalue weighted by Crippen LogP contribution is 2.31. The molecule has 5 heteroatoms. The van der Waals surface area contributed by atoms with Gasteiger partial charge in [-0.1, -0.05) is 57.3 Å². The molecule has 0 aliphatic carbocycles. The van der Waals surface area contributed by atoms with Crippen molar-refractivity contribution in [1.82, 2.24) is 5.32 Å². The Morgan fingerprint density at radius 2 is 1.74 bits per heavy atom. The summed E-state index contributed by atoms with van der Waals surface area (Å²) in [6, 6.07) is 17.4. The van der Waals surface area contributed by atoms with Gasteiger partial charge in [0.05, 0.1) is 11.6 Å². The van der Waals surface area contributed by atoms with E-state index >= 15 is 0 Å². The zero-order valence-corrected chi connectivity index (χ0v) is 15.3. The minimum absolute atomic E-state index is 0.624. The Morgan fingerprint density at radius 1 is 0.913 bits per heavy atom. The van der Waals surface area contributed by atoms with E-state index in [0.29, 0.717) is 18.1 Å². The van der Waals surface area contributed by atoms with Crippen molar-refractivity contribution in [3.8, 4) is 11.3 Å². The van der Waals surface area contributed by atoms with E-state index in [1.165, 1.54) is 0 Å². The largest absolute Gasteiger partial charge is 0.460 e. The Labute approximate surface area is 153 Å². The minimum Gasteiger partial charge on any atom is -0.460 e. The lowest BCUT2D eigenvalue weighted by Crippen LogP contribution is -2.12. The molecule has 0 unspecified atom stereocenters. The average Bonchev–Trinajstić information content (AvgIpc) is 2.98.